The van der Waals surface area contributed by atoms with Crippen LogP contribution in [0.25, 0.3) is 0 Å². The fourth-order valence-electron chi connectivity index (χ4n) is 4.25. The summed E-state index contributed by atoms with van der Waals surface area (Å²) in [4.78, 5) is 2.72. The molecule has 156 valence electrons. The highest BCUT2D eigenvalue weighted by Crippen LogP contribution is 2.42. The molecule has 0 spiro atoms. The molecular formula is C21H24Cl2N2O3S. The Morgan fingerprint density at radius 2 is 1.90 bits per heavy atom. The summed E-state index contributed by atoms with van der Waals surface area (Å²) in [6, 6.07) is 10.8. The van der Waals surface area contributed by atoms with Crippen LogP contribution in [-0.2, 0) is 16.3 Å². The van der Waals surface area contributed by atoms with E-state index in [0.29, 0.717) is 21.8 Å². The van der Waals surface area contributed by atoms with Crippen molar-refractivity contribution in [3.63, 3.8) is 0 Å². The Hall–Kier alpha value is -1.31. The van der Waals surface area contributed by atoms with E-state index in [2.05, 4.69) is 17.1 Å². The summed E-state index contributed by atoms with van der Waals surface area (Å²) < 4.78 is 29.9. The Balaban J connectivity index is 1.67. The molecule has 4 rings (SSSR count). The van der Waals surface area contributed by atoms with Gasteiger partial charge in [-0.15, -0.1) is 0 Å². The molecule has 5 nitrogen and oxygen atoms in total. The minimum atomic E-state index is -3.25. The van der Waals surface area contributed by atoms with Crippen molar-refractivity contribution >= 4 is 33.0 Å². The first-order valence-corrected chi connectivity index (χ1v) is 12.3. The van der Waals surface area contributed by atoms with Gasteiger partial charge >= 0.3 is 0 Å². The van der Waals surface area contributed by atoms with Crippen LogP contribution in [0, 0.1) is 0 Å². The number of piperazine rings is 1. The second-order valence-electron chi connectivity index (χ2n) is 7.86. The number of hydrogen-bond donors (Lipinski definition) is 1. The summed E-state index contributed by atoms with van der Waals surface area (Å²) in [6.07, 6.45) is 1.77. The number of fused-ring (bicyclic) bond motifs is 1. The lowest BCUT2D eigenvalue weighted by atomic mass is 10.1. The Morgan fingerprint density at radius 3 is 2.55 bits per heavy atom. The molecule has 0 saturated carbocycles. The largest absolute Gasteiger partial charge is 0.484 e. The predicted octanol–water partition coefficient (Wildman–Crippen LogP) is 3.74. The molecule has 0 bridgehead atoms. The molecule has 1 aliphatic heterocycles. The summed E-state index contributed by atoms with van der Waals surface area (Å²) >= 11 is 12.8. The van der Waals surface area contributed by atoms with Crippen LogP contribution in [0.3, 0.4) is 0 Å². The van der Waals surface area contributed by atoms with Gasteiger partial charge in [-0.05, 0) is 55.3 Å². The van der Waals surface area contributed by atoms with E-state index in [-0.39, 0.29) is 17.0 Å². The second-order valence-corrected chi connectivity index (χ2v) is 10.7. The molecule has 3 atom stereocenters. The van der Waals surface area contributed by atoms with Gasteiger partial charge in [0.05, 0.1) is 10.9 Å². The Morgan fingerprint density at radius 1 is 1.17 bits per heavy atom. The van der Waals surface area contributed by atoms with Crippen LogP contribution in [0.2, 0.25) is 10.0 Å². The number of nitrogens with zero attached hydrogens (tertiary/aromatic N) is 1. The molecule has 0 radical (unpaired) electrons. The van der Waals surface area contributed by atoms with E-state index in [4.69, 9.17) is 27.9 Å². The summed E-state index contributed by atoms with van der Waals surface area (Å²) in [6.45, 7) is 4.97. The minimum Gasteiger partial charge on any atom is -0.484 e. The van der Waals surface area contributed by atoms with Gasteiger partial charge in [0.15, 0.2) is 9.84 Å². The molecule has 2 aliphatic rings. The number of hydrogen-bond acceptors (Lipinski definition) is 5. The zero-order valence-electron chi connectivity index (χ0n) is 16.4. The third-order valence-corrected chi connectivity index (χ3v) is 7.33. The van der Waals surface area contributed by atoms with Crippen LogP contribution >= 0.6 is 23.2 Å². The zero-order valence-corrected chi connectivity index (χ0v) is 18.7. The summed E-state index contributed by atoms with van der Waals surface area (Å²) in [5.74, 6) is 0.625. The van der Waals surface area contributed by atoms with Gasteiger partial charge in [0, 0.05) is 47.5 Å². The van der Waals surface area contributed by atoms with Gasteiger partial charge in [-0.1, -0.05) is 23.2 Å². The van der Waals surface area contributed by atoms with E-state index in [1.54, 1.807) is 30.3 Å². The van der Waals surface area contributed by atoms with Crippen molar-refractivity contribution in [3.05, 3.63) is 57.6 Å². The molecule has 1 N–H and O–H groups in total. The van der Waals surface area contributed by atoms with Gasteiger partial charge < -0.3 is 10.1 Å². The lowest BCUT2D eigenvalue weighted by molar-refractivity contribution is 0.0595. The molecule has 0 unspecified atom stereocenters. The van der Waals surface area contributed by atoms with Gasteiger partial charge in [-0.3, -0.25) is 4.90 Å². The maximum absolute atomic E-state index is 11.7. The third-order valence-electron chi connectivity index (χ3n) is 5.65. The van der Waals surface area contributed by atoms with Crippen LogP contribution in [-0.4, -0.2) is 51.3 Å². The zero-order chi connectivity index (χ0) is 20.8. The number of benzene rings is 2. The van der Waals surface area contributed by atoms with Crippen LogP contribution in [0.4, 0.5) is 0 Å². The van der Waals surface area contributed by atoms with E-state index in [1.165, 1.54) is 6.26 Å². The van der Waals surface area contributed by atoms with Gasteiger partial charge in [0.2, 0.25) is 0 Å². The van der Waals surface area contributed by atoms with Crippen molar-refractivity contribution in [3.8, 4) is 5.75 Å². The SMILES string of the molecule is C[C@H]1CN([C@H]2Cc3c(Cl)cc(Cl)cc3[C@@H]2Oc2ccc(S(C)(=O)=O)cc2)CCN1. The van der Waals surface area contributed by atoms with Crippen LogP contribution in [0.1, 0.15) is 24.2 Å². The standard InChI is InChI=1S/C21H24Cl2N2O3S/c1-13-12-25(8-7-24-13)20-11-17-18(9-14(22)10-19(17)23)21(20)28-15-3-5-16(6-4-15)29(2,26)27/h3-6,9-10,13,20-21,24H,7-8,11-12H2,1-2H3/t13-,20-,21-/m0/s1. The second kappa shape index (κ2) is 8.08. The quantitative estimate of drug-likeness (QED) is 0.762. The highest BCUT2D eigenvalue weighted by Gasteiger charge is 2.40. The molecule has 0 aromatic heterocycles. The average molecular weight is 455 g/mol. The van der Waals surface area contributed by atoms with E-state index < -0.39 is 9.84 Å². The molecule has 2 aromatic rings. The topological polar surface area (TPSA) is 58.6 Å². The van der Waals surface area contributed by atoms with E-state index in [9.17, 15) is 8.42 Å². The van der Waals surface area contributed by atoms with Gasteiger partial charge in [-0.2, -0.15) is 0 Å². The Kier molecular flexibility index (Phi) is 5.84. The van der Waals surface area contributed by atoms with Crippen molar-refractivity contribution < 1.29 is 13.2 Å². The van der Waals surface area contributed by atoms with Gasteiger partial charge in [-0.25, -0.2) is 8.42 Å². The molecule has 0 amide bonds. The maximum atomic E-state index is 11.7. The summed E-state index contributed by atoms with van der Waals surface area (Å²) in [5, 5.41) is 4.73. The van der Waals surface area contributed by atoms with Crippen molar-refractivity contribution in [2.45, 2.75) is 36.4 Å². The third kappa shape index (κ3) is 4.42. The van der Waals surface area contributed by atoms with E-state index >= 15 is 0 Å². The molecule has 8 heteroatoms. The van der Waals surface area contributed by atoms with Crippen molar-refractivity contribution in [1.29, 1.82) is 0 Å². The Labute approximate surface area is 181 Å². The molecular weight excluding hydrogens is 431 g/mol. The van der Waals surface area contributed by atoms with Gasteiger partial charge in [0.25, 0.3) is 0 Å². The van der Waals surface area contributed by atoms with Gasteiger partial charge in [0.1, 0.15) is 11.9 Å². The first-order chi connectivity index (χ1) is 13.7. The lowest BCUT2D eigenvalue weighted by Crippen LogP contribution is -2.54. The molecule has 29 heavy (non-hydrogen) atoms. The van der Waals surface area contributed by atoms with Crippen molar-refractivity contribution in [2.24, 2.45) is 0 Å². The van der Waals surface area contributed by atoms with Crippen LogP contribution in [0.5, 0.6) is 5.75 Å². The molecule has 1 aliphatic carbocycles. The number of nitrogens with one attached hydrogen (secondary N) is 1. The smallest absolute Gasteiger partial charge is 0.175 e. The summed E-state index contributed by atoms with van der Waals surface area (Å²) in [5.41, 5.74) is 2.08. The maximum Gasteiger partial charge on any atom is 0.175 e. The highest BCUT2D eigenvalue weighted by molar-refractivity contribution is 7.90. The highest BCUT2D eigenvalue weighted by atomic mass is 35.5. The fraction of sp³-hybridized carbons (Fsp3) is 0.429. The lowest BCUT2D eigenvalue weighted by Gasteiger charge is -2.38. The van der Waals surface area contributed by atoms with E-state index in [0.717, 1.165) is 37.2 Å². The molecule has 1 fully saturated rings. The first kappa shape index (κ1) is 20.9. The molecule has 2 aromatic carbocycles. The van der Waals surface area contributed by atoms with Crippen molar-refractivity contribution in [1.82, 2.24) is 10.2 Å². The monoisotopic (exact) mass is 454 g/mol. The first-order valence-electron chi connectivity index (χ1n) is 9.64. The van der Waals surface area contributed by atoms with E-state index in [1.807, 2.05) is 6.07 Å². The van der Waals surface area contributed by atoms with Crippen molar-refractivity contribution in [2.75, 3.05) is 25.9 Å². The minimum absolute atomic E-state index is 0.139. The summed E-state index contributed by atoms with van der Waals surface area (Å²) in [7, 11) is -3.25. The molecule has 1 heterocycles. The normalized spacial score (nSPS) is 25.0. The van der Waals surface area contributed by atoms with Crippen LogP contribution < -0.4 is 10.1 Å². The number of ether oxygens (including phenoxy) is 1. The molecule has 1 saturated heterocycles. The predicted molar refractivity (Wildman–Crippen MR) is 116 cm³/mol. The number of halogens is 2. The Bertz CT molecular complexity index is 1010. The number of rotatable bonds is 4. The fourth-order valence-corrected chi connectivity index (χ4v) is 5.47. The number of sulfone groups is 1. The van der Waals surface area contributed by atoms with Crippen LogP contribution in [0.15, 0.2) is 41.3 Å². The average Bonchev–Trinajstić information content (AvgIpc) is 3.00.